The van der Waals surface area contributed by atoms with E-state index in [1.807, 2.05) is 11.3 Å². The summed E-state index contributed by atoms with van der Waals surface area (Å²) in [4.78, 5) is 27.4. The molecule has 2 aliphatic rings. The van der Waals surface area contributed by atoms with Crippen molar-refractivity contribution >= 4 is 23.2 Å². The number of halogens is 3. The summed E-state index contributed by atoms with van der Waals surface area (Å²) >= 11 is 1.89. The van der Waals surface area contributed by atoms with Gasteiger partial charge in [0.15, 0.2) is 0 Å². The summed E-state index contributed by atoms with van der Waals surface area (Å²) in [6, 6.07) is 4.93. The Balaban J connectivity index is 0.000000423. The van der Waals surface area contributed by atoms with Crippen LogP contribution in [0.5, 0.6) is 0 Å². The molecule has 1 aliphatic carbocycles. The standard InChI is InChI=1S/C18H28N2O3S.C2HF3O2/c1-13-4-5-15(24-13)10-20-6-7-23-17-9-14(8-16(17)20)11-22-12-18(21)19(2)3;3-2(4,5)1(6)7/h4-5,14,16-17H,6-12H2,1-3H3;(H,6,7). The number of ether oxygens (including phenoxy) is 2. The second-order valence-corrected chi connectivity index (χ2v) is 9.28. The Kier molecular flexibility index (Phi) is 9.28. The molecule has 3 rings (SSSR count). The van der Waals surface area contributed by atoms with Crippen molar-refractivity contribution in [2.75, 3.05) is 40.5 Å². The fourth-order valence-corrected chi connectivity index (χ4v) is 4.59. The van der Waals surface area contributed by atoms with E-state index in [2.05, 4.69) is 24.0 Å². The van der Waals surface area contributed by atoms with E-state index in [4.69, 9.17) is 19.4 Å². The van der Waals surface area contributed by atoms with E-state index in [0.29, 0.717) is 24.7 Å². The van der Waals surface area contributed by atoms with Crippen molar-refractivity contribution in [3.63, 3.8) is 0 Å². The number of carbonyl (C=O) groups excluding carboxylic acids is 1. The number of likely N-dealkylation sites (N-methyl/N-ethyl adjacent to an activating group) is 1. The normalized spacial score (nSPS) is 23.6. The van der Waals surface area contributed by atoms with E-state index in [0.717, 1.165) is 32.5 Å². The largest absolute Gasteiger partial charge is 0.490 e. The molecule has 1 N–H and O–H groups in total. The van der Waals surface area contributed by atoms with Gasteiger partial charge in [-0.25, -0.2) is 4.79 Å². The molecule has 0 bridgehead atoms. The number of hydrogen-bond donors (Lipinski definition) is 1. The third-order valence-electron chi connectivity index (χ3n) is 5.22. The van der Waals surface area contributed by atoms with Crippen molar-refractivity contribution in [1.82, 2.24) is 9.80 Å². The maximum Gasteiger partial charge on any atom is 0.490 e. The topological polar surface area (TPSA) is 79.3 Å². The first-order chi connectivity index (χ1) is 14.5. The number of hydrogen-bond acceptors (Lipinski definition) is 6. The number of fused-ring (bicyclic) bond motifs is 1. The van der Waals surface area contributed by atoms with E-state index < -0.39 is 12.1 Å². The lowest BCUT2D eigenvalue weighted by Gasteiger charge is -2.37. The molecule has 1 aliphatic heterocycles. The van der Waals surface area contributed by atoms with Gasteiger partial charge in [0.05, 0.1) is 19.3 Å². The van der Waals surface area contributed by atoms with Crippen LogP contribution in [0.15, 0.2) is 12.1 Å². The lowest BCUT2D eigenvalue weighted by Crippen LogP contribution is -2.47. The van der Waals surface area contributed by atoms with E-state index in [1.54, 1.807) is 19.0 Å². The lowest BCUT2D eigenvalue weighted by atomic mass is 10.1. The van der Waals surface area contributed by atoms with Crippen molar-refractivity contribution < 1.29 is 37.3 Å². The predicted octanol–water partition coefficient (Wildman–Crippen LogP) is 2.77. The summed E-state index contributed by atoms with van der Waals surface area (Å²) in [7, 11) is 3.52. The van der Waals surface area contributed by atoms with E-state index in [1.165, 1.54) is 9.75 Å². The Hall–Kier alpha value is -1.69. The Labute approximate surface area is 183 Å². The average Bonchev–Trinajstić information content (AvgIpc) is 3.27. The summed E-state index contributed by atoms with van der Waals surface area (Å²) < 4.78 is 43.4. The number of thiophene rings is 1. The Bertz CT molecular complexity index is 741. The molecule has 176 valence electrons. The maximum atomic E-state index is 11.6. The minimum atomic E-state index is -5.08. The highest BCUT2D eigenvalue weighted by Crippen LogP contribution is 2.35. The van der Waals surface area contributed by atoms with Gasteiger partial charge < -0.3 is 19.5 Å². The Morgan fingerprint density at radius 2 is 2.00 bits per heavy atom. The van der Waals surface area contributed by atoms with Gasteiger partial charge in [0.2, 0.25) is 5.91 Å². The van der Waals surface area contributed by atoms with Crippen LogP contribution in [0.4, 0.5) is 13.2 Å². The first-order valence-electron chi connectivity index (χ1n) is 9.96. The van der Waals surface area contributed by atoms with Gasteiger partial charge >= 0.3 is 12.1 Å². The van der Waals surface area contributed by atoms with Crippen LogP contribution in [0, 0.1) is 12.8 Å². The predicted molar refractivity (Wildman–Crippen MR) is 109 cm³/mol. The number of rotatable bonds is 6. The van der Waals surface area contributed by atoms with Crippen LogP contribution in [0.2, 0.25) is 0 Å². The summed E-state index contributed by atoms with van der Waals surface area (Å²) in [5.41, 5.74) is 0. The third kappa shape index (κ3) is 8.06. The van der Waals surface area contributed by atoms with Gasteiger partial charge in [-0.2, -0.15) is 13.2 Å². The zero-order valence-electron chi connectivity index (χ0n) is 17.9. The van der Waals surface area contributed by atoms with E-state index >= 15 is 0 Å². The maximum absolute atomic E-state index is 11.6. The summed E-state index contributed by atoms with van der Waals surface area (Å²) in [5, 5.41) is 7.12. The van der Waals surface area contributed by atoms with Crippen LogP contribution in [-0.2, 0) is 25.6 Å². The average molecular weight is 467 g/mol. The number of carbonyl (C=O) groups is 2. The van der Waals surface area contributed by atoms with Crippen molar-refractivity contribution in [3.05, 3.63) is 21.9 Å². The molecule has 1 saturated heterocycles. The lowest BCUT2D eigenvalue weighted by molar-refractivity contribution is -0.192. The zero-order chi connectivity index (χ0) is 23.2. The molecular weight excluding hydrogens is 437 g/mol. The number of nitrogens with zero attached hydrogens (tertiary/aromatic N) is 2. The van der Waals surface area contributed by atoms with Gasteiger partial charge in [0, 0.05) is 43.0 Å². The number of carboxylic acids is 1. The molecule has 0 radical (unpaired) electrons. The molecule has 0 spiro atoms. The highest BCUT2D eigenvalue weighted by molar-refractivity contribution is 7.11. The second kappa shape index (κ2) is 11.3. The first-order valence-corrected chi connectivity index (χ1v) is 10.8. The number of aryl methyl sites for hydroxylation is 1. The molecule has 2 fully saturated rings. The molecule has 2 heterocycles. The fourth-order valence-electron chi connectivity index (χ4n) is 3.67. The molecule has 1 aromatic rings. The number of carboxylic acid groups (broad SMARTS) is 1. The smallest absolute Gasteiger partial charge is 0.475 e. The quantitative estimate of drug-likeness (QED) is 0.695. The number of alkyl halides is 3. The summed E-state index contributed by atoms with van der Waals surface area (Å²) in [5.74, 6) is -2.25. The van der Waals surface area contributed by atoms with Gasteiger partial charge in [-0.05, 0) is 37.8 Å². The number of amides is 1. The van der Waals surface area contributed by atoms with Gasteiger partial charge in [-0.15, -0.1) is 11.3 Å². The number of aliphatic carboxylic acids is 1. The van der Waals surface area contributed by atoms with Gasteiger partial charge in [-0.3, -0.25) is 9.69 Å². The SMILES string of the molecule is Cc1ccc(CN2CCOC3CC(COCC(=O)N(C)C)CC32)s1.O=C(O)C(F)(F)F. The third-order valence-corrected chi connectivity index (χ3v) is 6.21. The number of morpholine rings is 1. The molecule has 7 nitrogen and oxygen atoms in total. The van der Waals surface area contributed by atoms with E-state index in [-0.39, 0.29) is 12.5 Å². The van der Waals surface area contributed by atoms with Crippen molar-refractivity contribution in [2.45, 2.75) is 44.6 Å². The van der Waals surface area contributed by atoms with Crippen LogP contribution in [-0.4, -0.2) is 85.6 Å². The molecule has 1 saturated carbocycles. The van der Waals surface area contributed by atoms with Crippen LogP contribution < -0.4 is 0 Å². The minimum Gasteiger partial charge on any atom is -0.475 e. The summed E-state index contributed by atoms with van der Waals surface area (Å²) in [6.07, 6.45) is -2.62. The first kappa shape index (κ1) is 25.6. The molecular formula is C20H29F3N2O5S. The van der Waals surface area contributed by atoms with Crippen molar-refractivity contribution in [1.29, 1.82) is 0 Å². The molecule has 0 aromatic carbocycles. The molecule has 1 amide bonds. The Morgan fingerprint density at radius 3 is 2.55 bits per heavy atom. The molecule has 31 heavy (non-hydrogen) atoms. The monoisotopic (exact) mass is 466 g/mol. The second-order valence-electron chi connectivity index (χ2n) is 7.90. The minimum absolute atomic E-state index is 0.0244. The van der Waals surface area contributed by atoms with Crippen molar-refractivity contribution in [2.24, 2.45) is 5.92 Å². The fraction of sp³-hybridized carbons (Fsp3) is 0.700. The van der Waals surface area contributed by atoms with Gasteiger partial charge in [0.1, 0.15) is 6.61 Å². The zero-order valence-corrected chi connectivity index (χ0v) is 18.7. The highest BCUT2D eigenvalue weighted by atomic mass is 32.1. The van der Waals surface area contributed by atoms with Gasteiger partial charge in [0.25, 0.3) is 0 Å². The van der Waals surface area contributed by atoms with E-state index in [9.17, 15) is 18.0 Å². The highest BCUT2D eigenvalue weighted by Gasteiger charge is 2.41. The molecule has 11 heteroatoms. The van der Waals surface area contributed by atoms with Crippen LogP contribution in [0.3, 0.4) is 0 Å². The molecule has 1 aromatic heterocycles. The summed E-state index contributed by atoms with van der Waals surface area (Å²) in [6.45, 7) is 5.84. The van der Waals surface area contributed by atoms with Crippen LogP contribution >= 0.6 is 11.3 Å². The molecule has 3 unspecified atom stereocenters. The Morgan fingerprint density at radius 1 is 1.32 bits per heavy atom. The van der Waals surface area contributed by atoms with Crippen molar-refractivity contribution in [3.8, 4) is 0 Å². The van der Waals surface area contributed by atoms with Gasteiger partial charge in [-0.1, -0.05) is 0 Å². The van der Waals surface area contributed by atoms with Crippen LogP contribution in [0.1, 0.15) is 22.6 Å². The van der Waals surface area contributed by atoms with Crippen LogP contribution in [0.25, 0.3) is 0 Å². The molecule has 3 atom stereocenters.